The van der Waals surface area contributed by atoms with Crippen LogP contribution >= 0.6 is 11.8 Å². The lowest BCUT2D eigenvalue weighted by molar-refractivity contribution is -0.142. The van der Waals surface area contributed by atoms with Crippen molar-refractivity contribution in [3.8, 4) is 0 Å². The third-order valence-corrected chi connectivity index (χ3v) is 5.45. The molecule has 0 fully saturated rings. The average Bonchev–Trinajstić information content (AvgIpc) is 2.79. The summed E-state index contributed by atoms with van der Waals surface area (Å²) in [4.78, 5) is 47.8. The van der Waals surface area contributed by atoms with Gasteiger partial charge in [0.15, 0.2) is 11.4 Å². The van der Waals surface area contributed by atoms with Crippen molar-refractivity contribution in [1.29, 1.82) is 0 Å². The zero-order valence-electron chi connectivity index (χ0n) is 19.1. The number of carbonyl (C=O) groups excluding carboxylic acids is 3. The minimum Gasteiger partial charge on any atom is -0.480 e. The molecule has 0 aliphatic heterocycles. The van der Waals surface area contributed by atoms with E-state index in [1.54, 1.807) is 24.3 Å². The second-order valence-corrected chi connectivity index (χ2v) is 8.39. The number of thioether (sulfide) groups is 1. The second-order valence-electron chi connectivity index (χ2n) is 7.12. The van der Waals surface area contributed by atoms with Gasteiger partial charge < -0.3 is 30.0 Å². The molecule has 0 radical (unpaired) electrons. The van der Waals surface area contributed by atoms with Gasteiger partial charge in [0.25, 0.3) is 0 Å². The maximum Gasteiger partial charge on any atom is 0.408 e. The van der Waals surface area contributed by atoms with E-state index >= 15 is 0 Å². The third kappa shape index (κ3) is 12.3. The predicted molar refractivity (Wildman–Crippen MR) is 123 cm³/mol. The monoisotopic (exact) mass is 484 g/mol. The molecule has 0 saturated heterocycles. The van der Waals surface area contributed by atoms with Crippen molar-refractivity contribution in [3.05, 3.63) is 35.9 Å². The number of carbonyl (C=O) groups is 4. The fourth-order valence-corrected chi connectivity index (χ4v) is 3.49. The smallest absolute Gasteiger partial charge is 0.408 e. The number of hydrogen-bond donors (Lipinski definition) is 3. The molecule has 0 heterocycles. The lowest BCUT2D eigenvalue weighted by Gasteiger charge is -2.21. The summed E-state index contributed by atoms with van der Waals surface area (Å²) in [7, 11) is 2.97. The van der Waals surface area contributed by atoms with Crippen molar-refractivity contribution in [3.63, 3.8) is 0 Å². The van der Waals surface area contributed by atoms with E-state index in [-0.39, 0.29) is 30.3 Å². The van der Waals surface area contributed by atoms with Gasteiger partial charge in [0.05, 0.1) is 0 Å². The Morgan fingerprint density at radius 1 is 0.970 bits per heavy atom. The number of nitrogens with one attached hydrogen (secondary N) is 2. The van der Waals surface area contributed by atoms with Crippen molar-refractivity contribution in [1.82, 2.24) is 10.6 Å². The fraction of sp³-hybridized carbons (Fsp3) is 0.545. The van der Waals surface area contributed by atoms with Gasteiger partial charge >= 0.3 is 12.1 Å². The lowest BCUT2D eigenvalue weighted by Crippen LogP contribution is -2.52. The first-order valence-corrected chi connectivity index (χ1v) is 11.4. The lowest BCUT2D eigenvalue weighted by atomic mass is 10.1. The maximum atomic E-state index is 12.8. The SMILES string of the molecule is COC(CCC[C@@H](NC(=O)[C@H](CCSC(C)=O)NC(=O)OCc1ccccc1)C(=O)O)OC. The molecule has 0 aromatic heterocycles. The van der Waals surface area contributed by atoms with Crippen LogP contribution in [0.25, 0.3) is 0 Å². The summed E-state index contributed by atoms with van der Waals surface area (Å²) in [6.45, 7) is 1.41. The predicted octanol–water partition coefficient (Wildman–Crippen LogP) is 2.31. The molecule has 0 aliphatic carbocycles. The number of rotatable bonds is 15. The van der Waals surface area contributed by atoms with E-state index in [1.807, 2.05) is 6.07 Å². The van der Waals surface area contributed by atoms with Gasteiger partial charge in [-0.05, 0) is 31.2 Å². The normalized spacial score (nSPS) is 12.6. The molecule has 11 heteroatoms. The Labute approximate surface area is 197 Å². The van der Waals surface area contributed by atoms with Crippen LogP contribution in [-0.4, -0.2) is 66.5 Å². The minimum atomic E-state index is -1.20. The van der Waals surface area contributed by atoms with Crippen molar-refractivity contribution in [2.75, 3.05) is 20.0 Å². The summed E-state index contributed by atoms with van der Waals surface area (Å²) in [5.74, 6) is -1.59. The highest BCUT2D eigenvalue weighted by Gasteiger charge is 2.27. The Balaban J connectivity index is 2.70. The van der Waals surface area contributed by atoms with Crippen LogP contribution in [0.15, 0.2) is 30.3 Å². The van der Waals surface area contributed by atoms with E-state index in [0.717, 1.165) is 17.3 Å². The van der Waals surface area contributed by atoms with Crippen LogP contribution < -0.4 is 10.6 Å². The number of amides is 2. The summed E-state index contributed by atoms with van der Waals surface area (Å²) in [6, 6.07) is 6.80. The van der Waals surface area contributed by atoms with E-state index in [2.05, 4.69) is 10.6 Å². The van der Waals surface area contributed by atoms with Crippen LogP contribution in [0.2, 0.25) is 0 Å². The highest BCUT2D eigenvalue weighted by Crippen LogP contribution is 2.10. The molecular formula is C22H32N2O8S. The van der Waals surface area contributed by atoms with Crippen LogP contribution in [0.1, 0.15) is 38.2 Å². The maximum absolute atomic E-state index is 12.8. The molecule has 184 valence electrons. The van der Waals surface area contributed by atoms with Crippen molar-refractivity contribution in [2.45, 2.75) is 57.6 Å². The number of alkyl carbamates (subject to hydrolysis) is 1. The molecule has 0 spiro atoms. The van der Waals surface area contributed by atoms with Gasteiger partial charge in [-0.15, -0.1) is 0 Å². The Morgan fingerprint density at radius 3 is 2.21 bits per heavy atom. The average molecular weight is 485 g/mol. The highest BCUT2D eigenvalue weighted by atomic mass is 32.2. The zero-order chi connectivity index (χ0) is 24.6. The molecule has 1 aromatic rings. The largest absolute Gasteiger partial charge is 0.480 e. The molecule has 33 heavy (non-hydrogen) atoms. The number of carboxylic acid groups (broad SMARTS) is 1. The number of aliphatic carboxylic acids is 1. The van der Waals surface area contributed by atoms with E-state index in [1.165, 1.54) is 21.1 Å². The van der Waals surface area contributed by atoms with Gasteiger partial charge in [0.2, 0.25) is 5.91 Å². The van der Waals surface area contributed by atoms with Gasteiger partial charge in [0.1, 0.15) is 18.7 Å². The molecule has 3 N–H and O–H groups in total. The molecule has 0 saturated carbocycles. The van der Waals surface area contributed by atoms with E-state index in [0.29, 0.717) is 12.8 Å². The summed E-state index contributed by atoms with van der Waals surface area (Å²) in [5.41, 5.74) is 0.775. The highest BCUT2D eigenvalue weighted by molar-refractivity contribution is 8.13. The van der Waals surface area contributed by atoms with E-state index in [4.69, 9.17) is 14.2 Å². The van der Waals surface area contributed by atoms with Crippen LogP contribution in [-0.2, 0) is 35.2 Å². The Kier molecular flexibility index (Phi) is 13.8. The van der Waals surface area contributed by atoms with Gasteiger partial charge in [0, 0.05) is 26.9 Å². The number of ether oxygens (including phenoxy) is 3. The molecular weight excluding hydrogens is 452 g/mol. The standard InChI is InChI=1S/C22H32N2O8S/c1-15(25)33-13-12-17(24-22(29)32-14-16-8-5-4-6-9-16)20(26)23-18(21(27)28)10-7-11-19(30-2)31-3/h4-6,8-9,17-19H,7,10-14H2,1-3H3,(H,23,26)(H,24,29)(H,27,28)/t17-,18+/m0/s1. The number of carboxylic acids is 1. The molecule has 0 unspecified atom stereocenters. The quantitative estimate of drug-likeness (QED) is 0.320. The molecule has 0 aliphatic rings. The van der Waals surface area contributed by atoms with Gasteiger partial charge in [-0.2, -0.15) is 0 Å². The first-order chi connectivity index (χ1) is 15.8. The van der Waals surface area contributed by atoms with Gasteiger partial charge in [-0.25, -0.2) is 9.59 Å². The second kappa shape index (κ2) is 16.1. The third-order valence-electron chi connectivity index (χ3n) is 4.61. The summed E-state index contributed by atoms with van der Waals surface area (Å²) < 4.78 is 15.3. The van der Waals surface area contributed by atoms with Gasteiger partial charge in [-0.1, -0.05) is 42.1 Å². The van der Waals surface area contributed by atoms with Gasteiger partial charge in [-0.3, -0.25) is 9.59 Å². The Morgan fingerprint density at radius 2 is 1.64 bits per heavy atom. The Bertz CT molecular complexity index is 758. The van der Waals surface area contributed by atoms with E-state index < -0.39 is 36.3 Å². The topological polar surface area (TPSA) is 140 Å². The van der Waals surface area contributed by atoms with Crippen molar-refractivity contribution >= 4 is 34.8 Å². The molecule has 10 nitrogen and oxygen atoms in total. The van der Waals surface area contributed by atoms with Crippen molar-refractivity contribution < 1.29 is 38.5 Å². The van der Waals surface area contributed by atoms with E-state index in [9.17, 15) is 24.3 Å². The number of benzene rings is 1. The van der Waals surface area contributed by atoms with Crippen LogP contribution in [0, 0.1) is 0 Å². The molecule has 2 amide bonds. The first kappa shape index (κ1) is 28.4. The van der Waals surface area contributed by atoms with Crippen molar-refractivity contribution in [2.24, 2.45) is 0 Å². The summed E-state index contributed by atoms with van der Waals surface area (Å²) in [6.07, 6.45) is -0.124. The molecule has 1 rings (SSSR count). The minimum absolute atomic E-state index is 0.0150. The number of hydrogen-bond acceptors (Lipinski definition) is 8. The zero-order valence-corrected chi connectivity index (χ0v) is 19.9. The summed E-state index contributed by atoms with van der Waals surface area (Å²) >= 11 is 1.01. The Hall–Kier alpha value is -2.63. The number of methoxy groups -OCH3 is 2. The molecule has 0 bridgehead atoms. The molecule has 2 atom stereocenters. The summed E-state index contributed by atoms with van der Waals surface area (Å²) in [5, 5.41) is 14.3. The van der Waals surface area contributed by atoms with Crippen LogP contribution in [0.3, 0.4) is 0 Å². The molecule has 1 aromatic carbocycles. The van der Waals surface area contributed by atoms with Crippen LogP contribution in [0.5, 0.6) is 0 Å². The first-order valence-electron chi connectivity index (χ1n) is 10.5. The fourth-order valence-electron chi connectivity index (χ4n) is 2.85. The van der Waals surface area contributed by atoms with Crippen LogP contribution in [0.4, 0.5) is 4.79 Å².